The number of halogens is 2. The van der Waals surface area contributed by atoms with Crippen molar-refractivity contribution in [3.63, 3.8) is 0 Å². The first-order valence-electron chi connectivity index (χ1n) is 7.62. The van der Waals surface area contributed by atoms with Crippen LogP contribution >= 0.6 is 24.8 Å². The van der Waals surface area contributed by atoms with Gasteiger partial charge in [0, 0.05) is 31.2 Å². The number of nitrogens with one attached hydrogen (secondary N) is 1. The van der Waals surface area contributed by atoms with Crippen LogP contribution in [0.1, 0.15) is 17.3 Å². The second-order valence-electron chi connectivity index (χ2n) is 5.45. The lowest BCUT2D eigenvalue weighted by molar-refractivity contribution is -0.119. The highest BCUT2D eigenvalue weighted by Crippen LogP contribution is 2.25. The van der Waals surface area contributed by atoms with Gasteiger partial charge in [-0.15, -0.1) is 24.8 Å². The number of amides is 1. The van der Waals surface area contributed by atoms with Gasteiger partial charge in [0.15, 0.2) is 0 Å². The van der Waals surface area contributed by atoms with E-state index in [9.17, 15) is 9.59 Å². The average molecular weight is 394 g/mol. The summed E-state index contributed by atoms with van der Waals surface area (Å²) in [6, 6.07) is 5.33. The number of ether oxygens (including phenoxy) is 2. The van der Waals surface area contributed by atoms with E-state index in [1.165, 1.54) is 7.11 Å². The van der Waals surface area contributed by atoms with Gasteiger partial charge in [-0.2, -0.15) is 0 Å². The molecule has 1 aromatic carbocycles. The zero-order valence-corrected chi connectivity index (χ0v) is 16.0. The third-order valence-electron chi connectivity index (χ3n) is 3.84. The predicted octanol–water partition coefficient (Wildman–Crippen LogP) is 1.69. The molecule has 1 heterocycles. The van der Waals surface area contributed by atoms with Gasteiger partial charge in [0.1, 0.15) is 0 Å². The number of morpholine rings is 1. The summed E-state index contributed by atoms with van der Waals surface area (Å²) in [6.45, 7) is 4.80. The van der Waals surface area contributed by atoms with Crippen molar-refractivity contribution in [2.75, 3.05) is 50.2 Å². The van der Waals surface area contributed by atoms with Crippen LogP contribution in [0.3, 0.4) is 0 Å². The van der Waals surface area contributed by atoms with Gasteiger partial charge >= 0.3 is 5.97 Å². The summed E-state index contributed by atoms with van der Waals surface area (Å²) >= 11 is 0. The monoisotopic (exact) mass is 393 g/mol. The molecule has 142 valence electrons. The number of carbonyl (C=O) groups is 2. The molecule has 1 aliphatic heterocycles. The van der Waals surface area contributed by atoms with Crippen molar-refractivity contribution in [1.29, 1.82) is 0 Å². The maximum atomic E-state index is 12.0. The van der Waals surface area contributed by atoms with E-state index in [0.717, 1.165) is 18.8 Å². The first kappa shape index (κ1) is 23.5. The third kappa shape index (κ3) is 6.04. The number of rotatable bonds is 5. The predicted molar refractivity (Wildman–Crippen MR) is 102 cm³/mol. The van der Waals surface area contributed by atoms with E-state index in [-0.39, 0.29) is 43.2 Å². The largest absolute Gasteiger partial charge is 0.465 e. The maximum absolute atomic E-state index is 12.0. The molecule has 1 aromatic rings. The van der Waals surface area contributed by atoms with E-state index in [1.54, 1.807) is 19.1 Å². The Morgan fingerprint density at radius 3 is 2.52 bits per heavy atom. The molecular weight excluding hydrogens is 369 g/mol. The van der Waals surface area contributed by atoms with Crippen LogP contribution in [0.2, 0.25) is 0 Å². The first-order valence-corrected chi connectivity index (χ1v) is 7.62. The topological polar surface area (TPSA) is 93.9 Å². The number of methoxy groups -OCH3 is 1. The Hall–Kier alpha value is -1.54. The molecule has 1 amide bonds. The van der Waals surface area contributed by atoms with Gasteiger partial charge in [0.2, 0.25) is 5.91 Å². The summed E-state index contributed by atoms with van der Waals surface area (Å²) in [5.74, 6) is -1.05. The van der Waals surface area contributed by atoms with Crippen LogP contribution < -0.4 is 16.0 Å². The molecule has 0 aromatic heterocycles. The number of benzene rings is 1. The molecule has 1 saturated heterocycles. The van der Waals surface area contributed by atoms with E-state index < -0.39 is 5.97 Å². The minimum Gasteiger partial charge on any atom is -0.465 e. The summed E-state index contributed by atoms with van der Waals surface area (Å²) in [5.41, 5.74) is 7.16. The minimum atomic E-state index is -0.490. The summed E-state index contributed by atoms with van der Waals surface area (Å²) in [7, 11) is 1.32. The molecule has 0 bridgehead atoms. The van der Waals surface area contributed by atoms with Crippen molar-refractivity contribution in [2.24, 2.45) is 11.7 Å². The standard InChI is InChI=1S/C16H23N3O4.2ClH/c1-11(10-17)15(20)18-14-4-3-12(9-13(14)16(21)22-2)19-5-7-23-8-6-19;;/h3-4,9,11H,5-8,10,17H2,1-2H3,(H,18,20);2*1H. The van der Waals surface area contributed by atoms with Crippen molar-refractivity contribution in [1.82, 2.24) is 0 Å². The van der Waals surface area contributed by atoms with E-state index in [4.69, 9.17) is 15.2 Å². The molecule has 1 aliphatic rings. The SMILES string of the molecule is COC(=O)c1cc(N2CCOCC2)ccc1NC(=O)C(C)CN.Cl.Cl. The zero-order chi connectivity index (χ0) is 16.8. The lowest BCUT2D eigenvalue weighted by Crippen LogP contribution is -2.36. The van der Waals surface area contributed by atoms with Crippen molar-refractivity contribution >= 4 is 48.1 Å². The van der Waals surface area contributed by atoms with Crippen LogP contribution in [0.5, 0.6) is 0 Å². The fourth-order valence-corrected chi connectivity index (χ4v) is 2.30. The van der Waals surface area contributed by atoms with Gasteiger partial charge in [-0.3, -0.25) is 4.79 Å². The molecule has 25 heavy (non-hydrogen) atoms. The fourth-order valence-electron chi connectivity index (χ4n) is 2.30. The molecule has 0 aliphatic carbocycles. The summed E-state index contributed by atoms with van der Waals surface area (Å²) in [4.78, 5) is 26.2. The first-order chi connectivity index (χ1) is 11.1. The Balaban J connectivity index is 0.00000288. The number of anilines is 2. The summed E-state index contributed by atoms with van der Waals surface area (Å²) in [5, 5.41) is 2.74. The number of esters is 1. The minimum absolute atomic E-state index is 0. The van der Waals surface area contributed by atoms with Gasteiger partial charge in [0.25, 0.3) is 0 Å². The summed E-state index contributed by atoms with van der Waals surface area (Å²) in [6.07, 6.45) is 0. The molecule has 1 unspecified atom stereocenters. The Morgan fingerprint density at radius 1 is 1.32 bits per heavy atom. The number of carbonyl (C=O) groups excluding carboxylic acids is 2. The number of hydrogen-bond acceptors (Lipinski definition) is 6. The zero-order valence-electron chi connectivity index (χ0n) is 14.3. The number of nitrogens with two attached hydrogens (primary N) is 1. The maximum Gasteiger partial charge on any atom is 0.340 e. The van der Waals surface area contributed by atoms with Crippen LogP contribution in [0.4, 0.5) is 11.4 Å². The lowest BCUT2D eigenvalue weighted by Gasteiger charge is -2.29. The summed E-state index contributed by atoms with van der Waals surface area (Å²) < 4.78 is 10.2. The van der Waals surface area contributed by atoms with Crippen molar-refractivity contribution < 1.29 is 19.1 Å². The van der Waals surface area contributed by atoms with E-state index in [2.05, 4.69) is 10.2 Å². The molecule has 1 atom stereocenters. The highest BCUT2D eigenvalue weighted by atomic mass is 35.5. The Kier molecular flexibility index (Phi) is 10.5. The van der Waals surface area contributed by atoms with Crippen LogP contribution in [0.25, 0.3) is 0 Å². The van der Waals surface area contributed by atoms with E-state index in [0.29, 0.717) is 24.5 Å². The Labute approximate surface area is 160 Å². The van der Waals surface area contributed by atoms with Crippen molar-refractivity contribution in [2.45, 2.75) is 6.92 Å². The Morgan fingerprint density at radius 2 is 1.96 bits per heavy atom. The Bertz CT molecular complexity index is 580. The van der Waals surface area contributed by atoms with Gasteiger partial charge in [0.05, 0.1) is 31.6 Å². The second-order valence-corrected chi connectivity index (χ2v) is 5.45. The van der Waals surface area contributed by atoms with Crippen LogP contribution in [0.15, 0.2) is 18.2 Å². The molecule has 0 radical (unpaired) electrons. The van der Waals surface area contributed by atoms with E-state index in [1.807, 2.05) is 6.07 Å². The number of nitrogens with zero attached hydrogens (tertiary/aromatic N) is 1. The molecule has 9 heteroatoms. The lowest BCUT2D eigenvalue weighted by atomic mass is 10.1. The molecule has 0 spiro atoms. The molecule has 2 rings (SSSR count). The normalized spacial score (nSPS) is 14.6. The van der Waals surface area contributed by atoms with Gasteiger partial charge in [-0.1, -0.05) is 6.92 Å². The quantitative estimate of drug-likeness (QED) is 0.739. The fraction of sp³-hybridized carbons (Fsp3) is 0.500. The second kappa shape index (κ2) is 11.1. The van der Waals surface area contributed by atoms with Gasteiger partial charge in [-0.25, -0.2) is 4.79 Å². The van der Waals surface area contributed by atoms with E-state index >= 15 is 0 Å². The van der Waals surface area contributed by atoms with Crippen LogP contribution in [-0.2, 0) is 14.3 Å². The molecular formula is C16H25Cl2N3O4. The van der Waals surface area contributed by atoms with Crippen molar-refractivity contribution in [3.8, 4) is 0 Å². The molecule has 3 N–H and O–H groups in total. The number of hydrogen-bond donors (Lipinski definition) is 2. The smallest absolute Gasteiger partial charge is 0.340 e. The van der Waals surface area contributed by atoms with Gasteiger partial charge < -0.3 is 25.4 Å². The van der Waals surface area contributed by atoms with Gasteiger partial charge in [-0.05, 0) is 18.2 Å². The molecule has 7 nitrogen and oxygen atoms in total. The third-order valence-corrected chi connectivity index (χ3v) is 3.84. The van der Waals surface area contributed by atoms with Crippen molar-refractivity contribution in [3.05, 3.63) is 23.8 Å². The van der Waals surface area contributed by atoms with Crippen LogP contribution in [-0.4, -0.2) is 51.8 Å². The van der Waals surface area contributed by atoms with Crippen LogP contribution in [0, 0.1) is 5.92 Å². The molecule has 1 fully saturated rings. The highest BCUT2D eigenvalue weighted by Gasteiger charge is 2.19. The highest BCUT2D eigenvalue weighted by molar-refractivity contribution is 6.02. The molecule has 0 saturated carbocycles. The average Bonchev–Trinajstić information content (AvgIpc) is 2.61.